The normalized spacial score (nSPS) is 16.2. The van der Waals surface area contributed by atoms with E-state index in [0.717, 1.165) is 11.1 Å². The highest BCUT2D eigenvalue weighted by atomic mass is 16.9. The summed E-state index contributed by atoms with van der Waals surface area (Å²) in [5.74, 6) is 0.310. The van der Waals surface area contributed by atoms with Gasteiger partial charge in [0.1, 0.15) is 12.0 Å². The highest BCUT2D eigenvalue weighted by Gasteiger charge is 2.23. The molecule has 1 aliphatic heterocycles. The molecule has 4 heteroatoms. The summed E-state index contributed by atoms with van der Waals surface area (Å²) in [6.45, 7) is -0.975. The van der Waals surface area contributed by atoms with Crippen LogP contribution in [0.4, 0.5) is 0 Å². The van der Waals surface area contributed by atoms with Crippen molar-refractivity contribution in [3.8, 4) is 0 Å². The summed E-state index contributed by atoms with van der Waals surface area (Å²) < 4.78 is 15.9. The van der Waals surface area contributed by atoms with Crippen LogP contribution in [0.25, 0.3) is 0 Å². The molecule has 1 aliphatic rings. The SMILES string of the molecule is O=C(CCc1ccccc1)OC1OC=C(Cc2ccccc2)O1. The maximum absolute atomic E-state index is 11.8. The molecule has 0 bridgehead atoms. The van der Waals surface area contributed by atoms with Crippen molar-refractivity contribution in [2.45, 2.75) is 25.7 Å². The molecule has 2 aromatic rings. The minimum absolute atomic E-state index is 0.293. The Hall–Kier alpha value is -2.75. The van der Waals surface area contributed by atoms with Crippen molar-refractivity contribution in [1.82, 2.24) is 0 Å². The van der Waals surface area contributed by atoms with E-state index in [1.807, 2.05) is 60.7 Å². The second kappa shape index (κ2) is 7.49. The summed E-state index contributed by atoms with van der Waals surface area (Å²) in [5, 5.41) is 0. The standard InChI is InChI=1S/C19H18O4/c20-18(12-11-15-7-3-1-4-8-15)23-19-21-14-17(22-19)13-16-9-5-2-6-10-16/h1-10,14,19H,11-13H2. The molecule has 0 saturated heterocycles. The number of esters is 1. The van der Waals surface area contributed by atoms with Gasteiger partial charge >= 0.3 is 12.4 Å². The van der Waals surface area contributed by atoms with Gasteiger partial charge in [0.25, 0.3) is 0 Å². The van der Waals surface area contributed by atoms with E-state index in [1.165, 1.54) is 6.26 Å². The van der Waals surface area contributed by atoms with Gasteiger partial charge < -0.3 is 14.2 Å². The fourth-order valence-corrected chi connectivity index (χ4v) is 2.30. The topological polar surface area (TPSA) is 44.8 Å². The van der Waals surface area contributed by atoms with Gasteiger partial charge in [-0.25, -0.2) is 0 Å². The number of rotatable bonds is 6. The molecule has 3 rings (SSSR count). The number of benzene rings is 2. The zero-order valence-corrected chi connectivity index (χ0v) is 12.7. The zero-order valence-electron chi connectivity index (χ0n) is 12.7. The first-order chi connectivity index (χ1) is 11.3. The summed E-state index contributed by atoms with van der Waals surface area (Å²) >= 11 is 0. The molecule has 1 heterocycles. The van der Waals surface area contributed by atoms with E-state index in [9.17, 15) is 4.79 Å². The van der Waals surface area contributed by atoms with Crippen LogP contribution in [-0.4, -0.2) is 12.4 Å². The molecular formula is C19H18O4. The average Bonchev–Trinajstić information content (AvgIpc) is 3.02. The molecule has 0 amide bonds. The number of carbonyl (C=O) groups is 1. The first-order valence-corrected chi connectivity index (χ1v) is 7.58. The Labute approximate surface area is 135 Å². The Bertz CT molecular complexity index is 664. The van der Waals surface area contributed by atoms with Crippen molar-refractivity contribution >= 4 is 5.97 Å². The fourth-order valence-electron chi connectivity index (χ4n) is 2.30. The molecule has 0 aliphatic carbocycles. The highest BCUT2D eigenvalue weighted by Crippen LogP contribution is 2.20. The molecule has 0 spiro atoms. The van der Waals surface area contributed by atoms with Crippen LogP contribution < -0.4 is 0 Å². The second-order valence-electron chi connectivity index (χ2n) is 5.26. The lowest BCUT2D eigenvalue weighted by Gasteiger charge is -2.12. The van der Waals surface area contributed by atoms with Gasteiger partial charge in [0.15, 0.2) is 0 Å². The van der Waals surface area contributed by atoms with Gasteiger partial charge in [-0.2, -0.15) is 0 Å². The zero-order chi connectivity index (χ0) is 15.9. The summed E-state index contributed by atoms with van der Waals surface area (Å²) in [5.41, 5.74) is 2.21. The smallest absolute Gasteiger partial charge is 0.408 e. The summed E-state index contributed by atoms with van der Waals surface area (Å²) in [6.07, 6.45) is 3.04. The van der Waals surface area contributed by atoms with E-state index < -0.39 is 6.48 Å². The van der Waals surface area contributed by atoms with E-state index in [-0.39, 0.29) is 5.97 Å². The number of allylic oxidation sites excluding steroid dienone is 1. The Morgan fingerprint density at radius 3 is 2.30 bits per heavy atom. The van der Waals surface area contributed by atoms with Crippen molar-refractivity contribution in [3.63, 3.8) is 0 Å². The molecular weight excluding hydrogens is 292 g/mol. The quantitative estimate of drug-likeness (QED) is 0.765. The van der Waals surface area contributed by atoms with Gasteiger partial charge in [-0.1, -0.05) is 60.7 Å². The van der Waals surface area contributed by atoms with Crippen molar-refractivity contribution in [1.29, 1.82) is 0 Å². The summed E-state index contributed by atoms with van der Waals surface area (Å²) in [4.78, 5) is 11.8. The molecule has 1 atom stereocenters. The molecule has 0 saturated carbocycles. The molecule has 0 N–H and O–H groups in total. The first-order valence-electron chi connectivity index (χ1n) is 7.58. The lowest BCUT2D eigenvalue weighted by molar-refractivity contribution is -0.222. The van der Waals surface area contributed by atoms with Crippen LogP contribution in [0, 0.1) is 0 Å². The summed E-state index contributed by atoms with van der Waals surface area (Å²) in [7, 11) is 0. The molecule has 0 fully saturated rings. The van der Waals surface area contributed by atoms with Crippen molar-refractivity contribution in [2.24, 2.45) is 0 Å². The lowest BCUT2D eigenvalue weighted by atomic mass is 10.1. The van der Waals surface area contributed by atoms with Crippen LogP contribution >= 0.6 is 0 Å². The molecule has 118 valence electrons. The second-order valence-corrected chi connectivity index (χ2v) is 5.26. The minimum atomic E-state index is -0.975. The van der Waals surface area contributed by atoms with Gasteiger partial charge in [-0.3, -0.25) is 4.79 Å². The predicted octanol–water partition coefficient (Wildman–Crippen LogP) is 3.58. The van der Waals surface area contributed by atoms with Crippen LogP contribution in [0.1, 0.15) is 17.5 Å². The number of aryl methyl sites for hydroxylation is 1. The molecule has 4 nitrogen and oxygen atoms in total. The van der Waals surface area contributed by atoms with Gasteiger partial charge in [0, 0.05) is 12.8 Å². The minimum Gasteiger partial charge on any atom is -0.427 e. The Kier molecular flexibility index (Phi) is 4.94. The van der Waals surface area contributed by atoms with Gasteiger partial charge in [-0.15, -0.1) is 0 Å². The van der Waals surface area contributed by atoms with Gasteiger partial charge in [0.2, 0.25) is 0 Å². The Morgan fingerprint density at radius 1 is 0.957 bits per heavy atom. The maximum Gasteiger partial charge on any atom is 0.408 e. The number of carbonyl (C=O) groups excluding carboxylic acids is 1. The van der Waals surface area contributed by atoms with E-state index in [4.69, 9.17) is 14.2 Å². The molecule has 23 heavy (non-hydrogen) atoms. The summed E-state index contributed by atoms with van der Waals surface area (Å²) in [6, 6.07) is 19.7. The van der Waals surface area contributed by atoms with Gasteiger partial charge in [-0.05, 0) is 17.5 Å². The van der Waals surface area contributed by atoms with Crippen LogP contribution in [-0.2, 0) is 31.8 Å². The number of hydrogen-bond donors (Lipinski definition) is 0. The van der Waals surface area contributed by atoms with Crippen molar-refractivity contribution in [2.75, 3.05) is 0 Å². The van der Waals surface area contributed by atoms with E-state index in [0.29, 0.717) is 25.0 Å². The third-order valence-electron chi connectivity index (χ3n) is 3.47. The highest BCUT2D eigenvalue weighted by molar-refractivity contribution is 5.69. The largest absolute Gasteiger partial charge is 0.427 e. The molecule has 0 aromatic heterocycles. The van der Waals surface area contributed by atoms with Crippen molar-refractivity contribution < 1.29 is 19.0 Å². The number of ether oxygens (including phenoxy) is 3. The van der Waals surface area contributed by atoms with Crippen LogP contribution in [0.3, 0.4) is 0 Å². The van der Waals surface area contributed by atoms with Gasteiger partial charge in [0.05, 0.1) is 0 Å². The predicted molar refractivity (Wildman–Crippen MR) is 85.0 cm³/mol. The van der Waals surface area contributed by atoms with Crippen molar-refractivity contribution in [3.05, 3.63) is 83.8 Å². The first kappa shape index (κ1) is 15.2. The Balaban J connectivity index is 1.41. The average molecular weight is 310 g/mol. The third-order valence-corrected chi connectivity index (χ3v) is 3.47. The van der Waals surface area contributed by atoms with E-state index in [2.05, 4.69) is 0 Å². The lowest BCUT2D eigenvalue weighted by Crippen LogP contribution is -2.19. The van der Waals surface area contributed by atoms with Crippen LogP contribution in [0.2, 0.25) is 0 Å². The number of hydrogen-bond acceptors (Lipinski definition) is 4. The van der Waals surface area contributed by atoms with E-state index >= 15 is 0 Å². The fraction of sp³-hybridized carbons (Fsp3) is 0.211. The maximum atomic E-state index is 11.8. The molecule has 2 aromatic carbocycles. The third kappa shape index (κ3) is 4.61. The van der Waals surface area contributed by atoms with E-state index in [1.54, 1.807) is 0 Å². The molecule has 0 radical (unpaired) electrons. The van der Waals surface area contributed by atoms with Crippen LogP contribution in [0.15, 0.2) is 72.7 Å². The monoisotopic (exact) mass is 310 g/mol. The molecule has 1 unspecified atom stereocenters. The Morgan fingerprint density at radius 2 is 1.61 bits per heavy atom. The van der Waals surface area contributed by atoms with Crippen LogP contribution in [0.5, 0.6) is 0 Å².